The Labute approximate surface area is 115 Å². The molecule has 0 aliphatic carbocycles. The van der Waals surface area contributed by atoms with Crippen molar-refractivity contribution in [3.05, 3.63) is 12.3 Å². The van der Waals surface area contributed by atoms with Gasteiger partial charge in [0.1, 0.15) is 5.82 Å². The van der Waals surface area contributed by atoms with Gasteiger partial charge in [-0.3, -0.25) is 0 Å². The van der Waals surface area contributed by atoms with Crippen molar-refractivity contribution in [3.63, 3.8) is 0 Å². The summed E-state index contributed by atoms with van der Waals surface area (Å²) in [5, 5.41) is 3.26. The lowest BCUT2D eigenvalue weighted by atomic mass is 10.3. The molecular weight excluding hydrogens is 240 g/mol. The van der Waals surface area contributed by atoms with Gasteiger partial charge in [0.25, 0.3) is 0 Å². The second kappa shape index (κ2) is 6.68. The van der Waals surface area contributed by atoms with Crippen LogP contribution in [0.1, 0.15) is 0 Å². The summed E-state index contributed by atoms with van der Waals surface area (Å²) < 4.78 is 0. The summed E-state index contributed by atoms with van der Waals surface area (Å²) >= 11 is 0. The van der Waals surface area contributed by atoms with Crippen molar-refractivity contribution >= 4 is 11.8 Å². The average Bonchev–Trinajstić information content (AvgIpc) is 2.39. The number of nitrogens with one attached hydrogen (secondary N) is 1. The van der Waals surface area contributed by atoms with Crippen LogP contribution >= 0.6 is 0 Å². The van der Waals surface area contributed by atoms with Crippen LogP contribution in [0.5, 0.6) is 0 Å². The molecule has 0 unspecified atom stereocenters. The van der Waals surface area contributed by atoms with Crippen LogP contribution < -0.4 is 10.2 Å². The zero-order valence-electron chi connectivity index (χ0n) is 12.1. The third kappa shape index (κ3) is 4.33. The van der Waals surface area contributed by atoms with Gasteiger partial charge < -0.3 is 20.0 Å². The normalized spacial score (nSPS) is 16.9. The highest BCUT2D eigenvalue weighted by atomic mass is 15.3. The molecule has 1 aromatic rings. The van der Waals surface area contributed by atoms with Gasteiger partial charge in [0.05, 0.1) is 0 Å². The van der Waals surface area contributed by atoms with Crippen LogP contribution in [0.2, 0.25) is 0 Å². The molecule has 0 aromatic carbocycles. The first-order valence-corrected chi connectivity index (χ1v) is 6.80. The van der Waals surface area contributed by atoms with E-state index >= 15 is 0 Å². The van der Waals surface area contributed by atoms with E-state index in [-0.39, 0.29) is 0 Å². The molecule has 6 heteroatoms. The van der Waals surface area contributed by atoms with Crippen LogP contribution in [-0.2, 0) is 0 Å². The molecule has 1 aliphatic rings. The Morgan fingerprint density at radius 1 is 1.26 bits per heavy atom. The highest BCUT2D eigenvalue weighted by Gasteiger charge is 2.15. The summed E-state index contributed by atoms with van der Waals surface area (Å²) in [4.78, 5) is 15.6. The van der Waals surface area contributed by atoms with Gasteiger partial charge in [0.2, 0.25) is 5.95 Å². The van der Waals surface area contributed by atoms with Gasteiger partial charge in [0, 0.05) is 45.5 Å². The van der Waals surface area contributed by atoms with E-state index < -0.39 is 0 Å². The topological polar surface area (TPSA) is 47.5 Å². The quantitative estimate of drug-likeness (QED) is 0.820. The molecule has 1 N–H and O–H groups in total. The smallest absolute Gasteiger partial charge is 0.224 e. The van der Waals surface area contributed by atoms with Gasteiger partial charge in [-0.25, -0.2) is 4.98 Å². The third-order valence-corrected chi connectivity index (χ3v) is 3.31. The second-order valence-corrected chi connectivity index (χ2v) is 5.26. The van der Waals surface area contributed by atoms with Crippen molar-refractivity contribution in [1.29, 1.82) is 0 Å². The zero-order valence-corrected chi connectivity index (χ0v) is 12.1. The summed E-state index contributed by atoms with van der Waals surface area (Å²) in [7, 11) is 6.28. The predicted octanol–water partition coefficient (Wildman–Crippen LogP) is 0.202. The number of piperazine rings is 1. The molecule has 1 fully saturated rings. The van der Waals surface area contributed by atoms with Crippen molar-refractivity contribution in [2.75, 3.05) is 70.6 Å². The lowest BCUT2D eigenvalue weighted by Gasteiger charge is -2.33. The van der Waals surface area contributed by atoms with E-state index in [1.54, 1.807) is 0 Å². The molecule has 2 heterocycles. The van der Waals surface area contributed by atoms with Crippen molar-refractivity contribution in [2.45, 2.75) is 0 Å². The molecule has 19 heavy (non-hydrogen) atoms. The second-order valence-electron chi connectivity index (χ2n) is 5.26. The summed E-state index contributed by atoms with van der Waals surface area (Å²) in [5.74, 6) is 1.74. The van der Waals surface area contributed by atoms with E-state index in [4.69, 9.17) is 0 Å². The molecular formula is C13H24N6. The first kappa shape index (κ1) is 14.0. The van der Waals surface area contributed by atoms with Gasteiger partial charge >= 0.3 is 0 Å². The van der Waals surface area contributed by atoms with Crippen LogP contribution in [0.3, 0.4) is 0 Å². The molecule has 0 atom stereocenters. The van der Waals surface area contributed by atoms with Crippen LogP contribution in [0.4, 0.5) is 11.8 Å². The lowest BCUT2D eigenvalue weighted by Crippen LogP contribution is -2.44. The highest BCUT2D eigenvalue weighted by Crippen LogP contribution is 2.13. The summed E-state index contributed by atoms with van der Waals surface area (Å²) in [6.45, 7) is 6.08. The minimum Gasteiger partial charge on any atom is -0.354 e. The molecule has 1 aromatic heterocycles. The number of rotatable bonds is 5. The maximum Gasteiger partial charge on any atom is 0.224 e. The van der Waals surface area contributed by atoms with Gasteiger partial charge in [-0.15, -0.1) is 0 Å². The van der Waals surface area contributed by atoms with Crippen LogP contribution in [0, 0.1) is 0 Å². The molecule has 1 aliphatic heterocycles. The fraction of sp³-hybridized carbons (Fsp3) is 0.692. The third-order valence-electron chi connectivity index (χ3n) is 3.31. The van der Waals surface area contributed by atoms with Gasteiger partial charge in [0.15, 0.2) is 0 Å². The fourth-order valence-electron chi connectivity index (χ4n) is 2.04. The summed E-state index contributed by atoms with van der Waals surface area (Å²) in [5.41, 5.74) is 0. The van der Waals surface area contributed by atoms with E-state index in [1.807, 2.05) is 12.3 Å². The standard InChI is InChI=1S/C13H24N6/c1-17(2)7-6-15-13-14-5-4-12(16-13)19-10-8-18(3)9-11-19/h4-5H,6-11H2,1-3H3,(H,14,15,16). The molecule has 0 radical (unpaired) electrons. The Kier molecular flexibility index (Phi) is 4.93. The van der Waals surface area contributed by atoms with Crippen molar-refractivity contribution in [1.82, 2.24) is 19.8 Å². The van der Waals surface area contributed by atoms with Gasteiger partial charge in [-0.2, -0.15) is 4.98 Å². The fourth-order valence-corrected chi connectivity index (χ4v) is 2.04. The number of anilines is 2. The number of aromatic nitrogens is 2. The van der Waals surface area contributed by atoms with E-state index in [1.165, 1.54) is 0 Å². The van der Waals surface area contributed by atoms with Crippen molar-refractivity contribution < 1.29 is 0 Å². The van der Waals surface area contributed by atoms with Crippen molar-refractivity contribution in [2.24, 2.45) is 0 Å². The van der Waals surface area contributed by atoms with Gasteiger partial charge in [-0.05, 0) is 27.2 Å². The molecule has 6 nitrogen and oxygen atoms in total. The molecule has 1 saturated heterocycles. The Hall–Kier alpha value is -1.40. The minimum atomic E-state index is 0.721. The Morgan fingerprint density at radius 3 is 2.68 bits per heavy atom. The Morgan fingerprint density at radius 2 is 2.00 bits per heavy atom. The monoisotopic (exact) mass is 264 g/mol. The van der Waals surface area contributed by atoms with Crippen molar-refractivity contribution in [3.8, 4) is 0 Å². The molecule has 106 valence electrons. The number of nitrogens with zero attached hydrogens (tertiary/aromatic N) is 5. The first-order valence-electron chi connectivity index (χ1n) is 6.80. The summed E-state index contributed by atoms with van der Waals surface area (Å²) in [6, 6.07) is 1.99. The Bertz CT molecular complexity index is 386. The highest BCUT2D eigenvalue weighted by molar-refractivity contribution is 5.42. The zero-order chi connectivity index (χ0) is 13.7. The van der Waals surface area contributed by atoms with Crippen LogP contribution in [0.25, 0.3) is 0 Å². The molecule has 0 amide bonds. The van der Waals surface area contributed by atoms with E-state index in [9.17, 15) is 0 Å². The lowest BCUT2D eigenvalue weighted by molar-refractivity contribution is 0.312. The SMILES string of the molecule is CN(C)CCNc1nccc(N2CCN(C)CC2)n1. The Balaban J connectivity index is 1.91. The van der Waals surface area contributed by atoms with E-state index in [2.05, 4.69) is 51.1 Å². The largest absolute Gasteiger partial charge is 0.354 e. The number of hydrogen-bond acceptors (Lipinski definition) is 6. The maximum atomic E-state index is 4.58. The molecule has 0 bridgehead atoms. The van der Waals surface area contributed by atoms with E-state index in [0.717, 1.165) is 51.0 Å². The number of hydrogen-bond donors (Lipinski definition) is 1. The van der Waals surface area contributed by atoms with Crippen LogP contribution in [0.15, 0.2) is 12.3 Å². The minimum absolute atomic E-state index is 0.721. The summed E-state index contributed by atoms with van der Waals surface area (Å²) in [6.07, 6.45) is 1.83. The molecule has 0 saturated carbocycles. The molecule has 0 spiro atoms. The van der Waals surface area contributed by atoms with E-state index in [0.29, 0.717) is 0 Å². The maximum absolute atomic E-state index is 4.58. The van der Waals surface area contributed by atoms with Crippen LogP contribution in [-0.4, -0.2) is 80.2 Å². The number of likely N-dealkylation sites (N-methyl/N-ethyl adjacent to an activating group) is 2. The predicted molar refractivity (Wildman–Crippen MR) is 78.8 cm³/mol. The average molecular weight is 264 g/mol. The van der Waals surface area contributed by atoms with Gasteiger partial charge in [-0.1, -0.05) is 0 Å². The molecule has 2 rings (SSSR count). The first-order chi connectivity index (χ1) is 9.15.